The Kier molecular flexibility index (Phi) is 4.54. The molecule has 1 aliphatic carbocycles. The van der Waals surface area contributed by atoms with Crippen LogP contribution in [0.2, 0.25) is 0 Å². The number of hydrogen-bond donors (Lipinski definition) is 1. The lowest BCUT2D eigenvalue weighted by Crippen LogP contribution is -2.44. The second-order valence-corrected chi connectivity index (χ2v) is 4.88. The first-order valence-electron chi connectivity index (χ1n) is 5.99. The minimum Gasteiger partial charge on any atom is -0.469 e. The number of carbonyl (C=O) groups excluding carboxylic acids is 1. The van der Waals surface area contributed by atoms with Crippen LogP contribution in [0.15, 0.2) is 12.2 Å². The number of allylic oxidation sites excluding steroid dienone is 1. The molecule has 3 nitrogen and oxygen atoms in total. The topological polar surface area (TPSA) is 46.5 Å². The third kappa shape index (κ3) is 2.85. The van der Waals surface area contributed by atoms with Crippen molar-refractivity contribution >= 4 is 5.97 Å². The molecule has 2 unspecified atom stereocenters. The maximum atomic E-state index is 11.8. The number of hydrogen-bond acceptors (Lipinski definition) is 3. The van der Waals surface area contributed by atoms with Gasteiger partial charge in [0.2, 0.25) is 0 Å². The molecule has 1 N–H and O–H groups in total. The lowest BCUT2D eigenvalue weighted by molar-refractivity contribution is -0.156. The molecule has 0 fully saturated rings. The van der Waals surface area contributed by atoms with Gasteiger partial charge in [-0.15, -0.1) is 0 Å². The predicted octanol–water partition coefficient (Wildman–Crippen LogP) is 2.29. The van der Waals surface area contributed by atoms with Crippen molar-refractivity contribution in [3.8, 4) is 0 Å². The van der Waals surface area contributed by atoms with Gasteiger partial charge in [0.25, 0.3) is 0 Å². The molecule has 2 atom stereocenters. The zero-order valence-electron chi connectivity index (χ0n) is 10.4. The summed E-state index contributed by atoms with van der Waals surface area (Å²) >= 11 is 0. The molecule has 1 rings (SSSR count). The van der Waals surface area contributed by atoms with E-state index in [1.54, 1.807) is 6.08 Å². The fourth-order valence-electron chi connectivity index (χ4n) is 2.48. The molecule has 16 heavy (non-hydrogen) atoms. The van der Waals surface area contributed by atoms with E-state index in [2.05, 4.69) is 0 Å². The Bertz CT molecular complexity index is 270. The van der Waals surface area contributed by atoms with Crippen LogP contribution < -0.4 is 0 Å². The van der Waals surface area contributed by atoms with Crippen molar-refractivity contribution in [2.75, 3.05) is 7.11 Å². The van der Waals surface area contributed by atoms with Crippen molar-refractivity contribution in [2.45, 2.75) is 45.1 Å². The fourth-order valence-corrected chi connectivity index (χ4v) is 2.48. The van der Waals surface area contributed by atoms with Crippen LogP contribution in [0.4, 0.5) is 0 Å². The van der Waals surface area contributed by atoms with Gasteiger partial charge in [0.05, 0.1) is 18.6 Å². The van der Waals surface area contributed by atoms with Gasteiger partial charge in [0.1, 0.15) is 0 Å². The Morgan fingerprint density at radius 2 is 2.12 bits per heavy atom. The first-order chi connectivity index (χ1) is 7.51. The summed E-state index contributed by atoms with van der Waals surface area (Å²) in [7, 11) is 1.38. The van der Waals surface area contributed by atoms with Crippen molar-refractivity contribution in [3.63, 3.8) is 0 Å². The summed E-state index contributed by atoms with van der Waals surface area (Å²) < 4.78 is 4.80. The highest BCUT2D eigenvalue weighted by atomic mass is 16.5. The predicted molar refractivity (Wildman–Crippen MR) is 62.9 cm³/mol. The SMILES string of the molecule is COC(=O)C(C(C)C)C1(O)C=CCCCC1. The van der Waals surface area contributed by atoms with E-state index >= 15 is 0 Å². The van der Waals surface area contributed by atoms with E-state index in [0.29, 0.717) is 6.42 Å². The van der Waals surface area contributed by atoms with E-state index in [9.17, 15) is 9.90 Å². The quantitative estimate of drug-likeness (QED) is 0.593. The normalized spacial score (nSPS) is 27.6. The molecule has 0 amide bonds. The van der Waals surface area contributed by atoms with Gasteiger partial charge >= 0.3 is 5.97 Å². The molecule has 0 aromatic carbocycles. The average Bonchev–Trinajstić information content (AvgIpc) is 2.43. The van der Waals surface area contributed by atoms with E-state index < -0.39 is 11.5 Å². The lowest BCUT2D eigenvalue weighted by atomic mass is 9.77. The summed E-state index contributed by atoms with van der Waals surface area (Å²) in [6, 6.07) is 0. The highest BCUT2D eigenvalue weighted by Gasteiger charge is 2.42. The largest absolute Gasteiger partial charge is 0.469 e. The van der Waals surface area contributed by atoms with Gasteiger partial charge in [-0.1, -0.05) is 26.0 Å². The zero-order chi connectivity index (χ0) is 12.2. The number of methoxy groups -OCH3 is 1. The molecule has 0 aromatic heterocycles. The van der Waals surface area contributed by atoms with Crippen molar-refractivity contribution in [1.29, 1.82) is 0 Å². The van der Waals surface area contributed by atoms with Crippen molar-refractivity contribution in [1.82, 2.24) is 0 Å². The maximum Gasteiger partial charge on any atom is 0.312 e. The van der Waals surface area contributed by atoms with Crippen LogP contribution in [-0.2, 0) is 9.53 Å². The Labute approximate surface area is 97.5 Å². The third-order valence-electron chi connectivity index (χ3n) is 3.26. The second kappa shape index (κ2) is 5.48. The second-order valence-electron chi connectivity index (χ2n) is 4.88. The highest BCUT2D eigenvalue weighted by molar-refractivity contribution is 5.74. The average molecular weight is 226 g/mol. The molecule has 0 radical (unpaired) electrons. The van der Waals surface area contributed by atoms with Gasteiger partial charge in [-0.25, -0.2) is 0 Å². The Hall–Kier alpha value is -0.830. The van der Waals surface area contributed by atoms with Gasteiger partial charge < -0.3 is 9.84 Å². The smallest absolute Gasteiger partial charge is 0.312 e. The van der Waals surface area contributed by atoms with E-state index in [4.69, 9.17) is 4.74 Å². The summed E-state index contributed by atoms with van der Waals surface area (Å²) in [6.45, 7) is 3.89. The minimum atomic E-state index is -1.03. The van der Waals surface area contributed by atoms with E-state index in [1.807, 2.05) is 19.9 Å². The molecule has 0 saturated heterocycles. The van der Waals surface area contributed by atoms with Gasteiger partial charge in [-0.2, -0.15) is 0 Å². The standard InChI is InChI=1S/C13H22O3/c1-10(2)11(12(14)16-3)13(15)8-6-4-5-7-9-13/h6,8,10-11,15H,4-5,7,9H2,1-3H3. The minimum absolute atomic E-state index is 0.0696. The molecule has 0 spiro atoms. The number of aliphatic hydroxyl groups is 1. The van der Waals surface area contributed by atoms with E-state index in [-0.39, 0.29) is 11.9 Å². The first kappa shape index (κ1) is 13.2. The van der Waals surface area contributed by atoms with Crippen LogP contribution in [-0.4, -0.2) is 23.8 Å². The van der Waals surface area contributed by atoms with E-state index in [1.165, 1.54) is 7.11 Å². The summed E-state index contributed by atoms with van der Waals surface area (Å²) in [5, 5.41) is 10.6. The molecule has 0 bridgehead atoms. The fraction of sp³-hybridized carbons (Fsp3) is 0.769. The summed E-state index contributed by atoms with van der Waals surface area (Å²) in [5.41, 5.74) is -1.03. The summed E-state index contributed by atoms with van der Waals surface area (Å²) in [6.07, 6.45) is 7.41. The third-order valence-corrected chi connectivity index (χ3v) is 3.26. The maximum absolute atomic E-state index is 11.8. The molecule has 92 valence electrons. The van der Waals surface area contributed by atoms with Gasteiger partial charge in [-0.05, 0) is 31.6 Å². The van der Waals surface area contributed by atoms with Crippen LogP contribution in [0.3, 0.4) is 0 Å². The first-order valence-corrected chi connectivity index (χ1v) is 5.99. The highest BCUT2D eigenvalue weighted by Crippen LogP contribution is 2.34. The molecular formula is C13H22O3. The molecule has 0 aliphatic heterocycles. The summed E-state index contributed by atoms with van der Waals surface area (Å²) in [5.74, 6) is -0.712. The number of carbonyl (C=O) groups is 1. The van der Waals surface area contributed by atoms with Crippen LogP contribution in [0.1, 0.15) is 39.5 Å². The number of esters is 1. The molecule has 0 saturated carbocycles. The van der Waals surface area contributed by atoms with E-state index in [0.717, 1.165) is 19.3 Å². The van der Waals surface area contributed by atoms with Crippen molar-refractivity contribution < 1.29 is 14.6 Å². The van der Waals surface area contributed by atoms with Crippen molar-refractivity contribution in [2.24, 2.45) is 11.8 Å². The number of rotatable bonds is 3. The molecular weight excluding hydrogens is 204 g/mol. The van der Waals surface area contributed by atoms with Crippen molar-refractivity contribution in [3.05, 3.63) is 12.2 Å². The number of ether oxygens (including phenoxy) is 1. The lowest BCUT2D eigenvalue weighted by Gasteiger charge is -2.34. The van der Waals surface area contributed by atoms with Gasteiger partial charge in [-0.3, -0.25) is 4.79 Å². The monoisotopic (exact) mass is 226 g/mol. The zero-order valence-corrected chi connectivity index (χ0v) is 10.4. The Morgan fingerprint density at radius 1 is 1.44 bits per heavy atom. The van der Waals surface area contributed by atoms with Crippen LogP contribution in [0.25, 0.3) is 0 Å². The van der Waals surface area contributed by atoms with Crippen LogP contribution in [0.5, 0.6) is 0 Å². The molecule has 1 aliphatic rings. The Morgan fingerprint density at radius 3 is 2.69 bits per heavy atom. The molecule has 3 heteroatoms. The van der Waals surface area contributed by atoms with Crippen LogP contribution >= 0.6 is 0 Å². The Balaban J connectivity index is 2.94. The molecule has 0 aromatic rings. The molecule has 0 heterocycles. The summed E-state index contributed by atoms with van der Waals surface area (Å²) in [4.78, 5) is 11.8. The van der Waals surface area contributed by atoms with Gasteiger partial charge in [0, 0.05) is 0 Å². The van der Waals surface area contributed by atoms with Crippen LogP contribution in [0, 0.1) is 11.8 Å². The van der Waals surface area contributed by atoms with Gasteiger partial charge in [0.15, 0.2) is 0 Å².